The molecule has 162 valence electrons. The molecule has 0 radical (unpaired) electrons. The van der Waals surface area contributed by atoms with E-state index in [1.54, 1.807) is 16.3 Å². The van der Waals surface area contributed by atoms with Crippen molar-refractivity contribution in [3.05, 3.63) is 52.5 Å². The van der Waals surface area contributed by atoms with Gasteiger partial charge >= 0.3 is 0 Å². The minimum Gasteiger partial charge on any atom is -0.368 e. The van der Waals surface area contributed by atoms with Crippen LogP contribution in [-0.4, -0.2) is 53.5 Å². The monoisotopic (exact) mass is 443 g/mol. The average Bonchev–Trinajstić information content (AvgIpc) is 3.45. The van der Waals surface area contributed by atoms with Crippen LogP contribution >= 0.6 is 11.3 Å². The van der Waals surface area contributed by atoms with Crippen molar-refractivity contribution in [3.8, 4) is 0 Å². The Hall–Kier alpha value is -3.27. The van der Waals surface area contributed by atoms with Gasteiger partial charge in [0.15, 0.2) is 0 Å². The number of hydrazone groups is 1. The molecule has 31 heavy (non-hydrogen) atoms. The first-order valence-electron chi connectivity index (χ1n) is 9.96. The number of benzene rings is 1. The molecule has 3 heterocycles. The molecule has 1 aromatic carbocycles. The molecule has 1 unspecified atom stereocenters. The Morgan fingerprint density at radius 3 is 2.45 bits per heavy atom. The summed E-state index contributed by atoms with van der Waals surface area (Å²) in [4.78, 5) is 38.8. The van der Waals surface area contributed by atoms with Gasteiger partial charge in [0.25, 0.3) is 11.8 Å². The van der Waals surface area contributed by atoms with Crippen LogP contribution in [0.15, 0.2) is 46.2 Å². The van der Waals surface area contributed by atoms with Gasteiger partial charge in [0, 0.05) is 36.5 Å². The Morgan fingerprint density at radius 2 is 1.84 bits per heavy atom. The number of hydrogen-bond donors (Lipinski definition) is 2. The van der Waals surface area contributed by atoms with Crippen LogP contribution in [0.1, 0.15) is 29.6 Å². The van der Waals surface area contributed by atoms with Gasteiger partial charge in [-0.15, -0.1) is 0 Å². The van der Waals surface area contributed by atoms with Gasteiger partial charge in [0.1, 0.15) is 17.6 Å². The fraction of sp³-hybridized carbons (Fsp3) is 0.333. The Kier molecular flexibility index (Phi) is 5.99. The minimum atomic E-state index is -0.799. The normalized spacial score (nSPS) is 19.3. The summed E-state index contributed by atoms with van der Waals surface area (Å²) in [6, 6.07) is 6.48. The maximum Gasteiger partial charge on any atom is 0.270 e. The Morgan fingerprint density at radius 1 is 1.13 bits per heavy atom. The second-order valence-electron chi connectivity index (χ2n) is 7.54. The van der Waals surface area contributed by atoms with E-state index >= 15 is 0 Å². The lowest BCUT2D eigenvalue weighted by Gasteiger charge is -2.32. The number of piperidine rings is 1. The largest absolute Gasteiger partial charge is 0.368 e. The highest BCUT2D eigenvalue weighted by atomic mass is 32.1. The van der Waals surface area contributed by atoms with E-state index in [0.717, 1.165) is 0 Å². The molecule has 1 aromatic heterocycles. The summed E-state index contributed by atoms with van der Waals surface area (Å²) in [5.74, 6) is -1.37. The first kappa shape index (κ1) is 21.0. The number of nitrogens with zero attached hydrogens (tertiary/aromatic N) is 3. The molecule has 1 atom stereocenters. The number of nitrogens with two attached hydrogens (primary N) is 1. The van der Waals surface area contributed by atoms with Gasteiger partial charge in [0.05, 0.1) is 5.69 Å². The zero-order valence-corrected chi connectivity index (χ0v) is 17.5. The molecule has 8 nitrogen and oxygen atoms in total. The standard InChI is InChI=1S/C21H22FN5O3S/c22-14-1-3-16(4-2-14)27-18(19(23)28)11-17(25-27)21(30)26-8-5-15(6-9-26)24-20(29)13-7-10-31-12-13/h1-4,7,10,12,15,18H,5-6,8-9,11H2,(H2,23,28)(H,24,29). The third-order valence-electron chi connectivity index (χ3n) is 5.48. The highest BCUT2D eigenvalue weighted by Gasteiger charge is 2.37. The lowest BCUT2D eigenvalue weighted by molar-refractivity contribution is -0.125. The van der Waals surface area contributed by atoms with E-state index in [9.17, 15) is 18.8 Å². The van der Waals surface area contributed by atoms with Crippen LogP contribution < -0.4 is 16.1 Å². The molecule has 2 aliphatic rings. The second kappa shape index (κ2) is 8.84. The summed E-state index contributed by atoms with van der Waals surface area (Å²) < 4.78 is 13.2. The van der Waals surface area contributed by atoms with Crippen LogP contribution in [-0.2, 0) is 9.59 Å². The highest BCUT2D eigenvalue weighted by molar-refractivity contribution is 7.08. The first-order valence-corrected chi connectivity index (χ1v) is 10.9. The van der Waals surface area contributed by atoms with Crippen LogP contribution in [0, 0.1) is 5.82 Å². The molecular formula is C21H22FN5O3S. The maximum absolute atomic E-state index is 13.2. The number of anilines is 1. The summed E-state index contributed by atoms with van der Waals surface area (Å²) in [5, 5.41) is 12.4. The Labute approximate surface area is 182 Å². The predicted octanol–water partition coefficient (Wildman–Crippen LogP) is 1.73. The molecule has 10 heteroatoms. The van der Waals surface area contributed by atoms with Crippen molar-refractivity contribution in [2.45, 2.75) is 31.3 Å². The number of carbonyl (C=O) groups is 3. The van der Waals surface area contributed by atoms with Crippen molar-refractivity contribution in [1.29, 1.82) is 0 Å². The Balaban J connectivity index is 1.39. The van der Waals surface area contributed by atoms with Gasteiger partial charge in [-0.25, -0.2) is 4.39 Å². The summed E-state index contributed by atoms with van der Waals surface area (Å²) in [5.41, 5.74) is 6.88. The molecule has 0 bridgehead atoms. The van der Waals surface area contributed by atoms with Crippen LogP contribution in [0.3, 0.4) is 0 Å². The molecule has 2 aromatic rings. The van der Waals surface area contributed by atoms with Gasteiger partial charge in [-0.2, -0.15) is 16.4 Å². The first-order chi connectivity index (χ1) is 14.9. The summed E-state index contributed by atoms with van der Waals surface area (Å²) in [6.07, 6.45) is 1.37. The van der Waals surface area contributed by atoms with Crippen LogP contribution in [0.5, 0.6) is 0 Å². The van der Waals surface area contributed by atoms with Crippen molar-refractivity contribution < 1.29 is 18.8 Å². The number of primary amides is 1. The zero-order chi connectivity index (χ0) is 22.0. The van der Waals surface area contributed by atoms with Gasteiger partial charge in [-0.05, 0) is 48.6 Å². The molecule has 0 saturated carbocycles. The van der Waals surface area contributed by atoms with E-state index in [1.807, 2.05) is 5.38 Å². The highest BCUT2D eigenvalue weighted by Crippen LogP contribution is 2.26. The molecule has 1 fully saturated rings. The van der Waals surface area contributed by atoms with E-state index in [1.165, 1.54) is 40.6 Å². The van der Waals surface area contributed by atoms with Crippen LogP contribution in [0.25, 0.3) is 0 Å². The lowest BCUT2D eigenvalue weighted by Crippen LogP contribution is -2.48. The van der Waals surface area contributed by atoms with E-state index < -0.39 is 17.8 Å². The molecular weight excluding hydrogens is 421 g/mol. The fourth-order valence-electron chi connectivity index (χ4n) is 3.76. The number of rotatable bonds is 5. The number of carbonyl (C=O) groups excluding carboxylic acids is 3. The van der Waals surface area contributed by atoms with Gasteiger partial charge < -0.3 is 16.0 Å². The van der Waals surface area contributed by atoms with Crippen molar-refractivity contribution >= 4 is 40.5 Å². The second-order valence-corrected chi connectivity index (χ2v) is 8.32. The van der Waals surface area contributed by atoms with Crippen molar-refractivity contribution in [2.75, 3.05) is 18.1 Å². The number of nitrogens with one attached hydrogen (secondary N) is 1. The third kappa shape index (κ3) is 4.58. The van der Waals surface area contributed by atoms with Gasteiger partial charge in [-0.1, -0.05) is 0 Å². The molecule has 4 rings (SSSR count). The molecule has 0 aliphatic carbocycles. The quantitative estimate of drug-likeness (QED) is 0.734. The number of amides is 3. The lowest BCUT2D eigenvalue weighted by atomic mass is 10.0. The fourth-order valence-corrected chi connectivity index (χ4v) is 4.40. The topological polar surface area (TPSA) is 108 Å². The SMILES string of the molecule is NC(=O)C1CC(C(=O)N2CCC(NC(=O)c3ccsc3)CC2)=NN1c1ccc(F)cc1. The van der Waals surface area contributed by atoms with Gasteiger partial charge in [-0.3, -0.25) is 19.4 Å². The minimum absolute atomic E-state index is 0.00366. The number of hydrogen-bond acceptors (Lipinski definition) is 6. The van der Waals surface area contributed by atoms with Crippen molar-refractivity contribution in [1.82, 2.24) is 10.2 Å². The maximum atomic E-state index is 13.2. The number of likely N-dealkylation sites (tertiary alicyclic amines) is 1. The average molecular weight is 444 g/mol. The number of halogens is 1. The van der Waals surface area contributed by atoms with E-state index in [0.29, 0.717) is 37.2 Å². The number of thiophene rings is 1. The van der Waals surface area contributed by atoms with Crippen LogP contribution in [0.2, 0.25) is 0 Å². The third-order valence-corrected chi connectivity index (χ3v) is 6.16. The molecule has 1 saturated heterocycles. The molecule has 3 amide bonds. The predicted molar refractivity (Wildman–Crippen MR) is 115 cm³/mol. The molecule has 3 N–H and O–H groups in total. The Bertz CT molecular complexity index is 1000. The van der Waals surface area contributed by atoms with E-state index in [2.05, 4.69) is 10.4 Å². The summed E-state index contributed by atoms with van der Waals surface area (Å²) in [7, 11) is 0. The van der Waals surface area contributed by atoms with E-state index in [-0.39, 0.29) is 30.0 Å². The van der Waals surface area contributed by atoms with Crippen LogP contribution in [0.4, 0.5) is 10.1 Å². The van der Waals surface area contributed by atoms with E-state index in [4.69, 9.17) is 5.73 Å². The molecule has 0 spiro atoms. The van der Waals surface area contributed by atoms with Crippen molar-refractivity contribution in [2.24, 2.45) is 10.8 Å². The van der Waals surface area contributed by atoms with Gasteiger partial charge in [0.2, 0.25) is 5.91 Å². The van der Waals surface area contributed by atoms with Crippen molar-refractivity contribution in [3.63, 3.8) is 0 Å². The molecule has 2 aliphatic heterocycles. The summed E-state index contributed by atoms with van der Waals surface area (Å²) >= 11 is 1.47. The zero-order valence-electron chi connectivity index (χ0n) is 16.7. The summed E-state index contributed by atoms with van der Waals surface area (Å²) in [6.45, 7) is 0.953. The smallest absolute Gasteiger partial charge is 0.270 e.